The summed E-state index contributed by atoms with van der Waals surface area (Å²) in [6, 6.07) is 6.36. The molecule has 1 aromatic heterocycles. The number of hydrogen-bond donors (Lipinski definition) is 1. The monoisotopic (exact) mass is 368 g/mol. The van der Waals surface area contributed by atoms with Gasteiger partial charge >= 0.3 is 0 Å². The number of ether oxygens (including phenoxy) is 1. The van der Waals surface area contributed by atoms with Crippen molar-refractivity contribution in [3.05, 3.63) is 23.9 Å². The number of hydrogen-bond acceptors (Lipinski definition) is 4. The summed E-state index contributed by atoms with van der Waals surface area (Å²) in [5.74, 6) is 2.15. The van der Waals surface area contributed by atoms with Crippen molar-refractivity contribution in [2.45, 2.75) is 44.7 Å². The second-order valence-corrected chi connectivity index (χ2v) is 8.49. The molecule has 4 aliphatic rings. The summed E-state index contributed by atoms with van der Waals surface area (Å²) in [7, 11) is 1.69. The van der Waals surface area contributed by atoms with Gasteiger partial charge in [-0.3, -0.25) is 14.8 Å². The van der Waals surface area contributed by atoms with Crippen molar-refractivity contribution in [3.8, 4) is 5.75 Å². The Hall–Kier alpha value is -2.08. The quantitative estimate of drug-likeness (QED) is 0.882. The van der Waals surface area contributed by atoms with Crippen molar-refractivity contribution in [1.29, 1.82) is 0 Å². The van der Waals surface area contributed by atoms with Crippen molar-refractivity contribution in [2.24, 2.45) is 11.8 Å². The molecule has 6 rings (SSSR count). The fraction of sp³-hybridized carbons (Fsp3) is 0.619. The van der Waals surface area contributed by atoms with Crippen molar-refractivity contribution < 1.29 is 9.53 Å². The maximum absolute atomic E-state index is 13.0. The number of benzene rings is 1. The molecule has 0 radical (unpaired) electrons. The Morgan fingerprint density at radius 2 is 2.11 bits per heavy atom. The summed E-state index contributed by atoms with van der Waals surface area (Å²) in [5.41, 5.74) is 2.08. The van der Waals surface area contributed by atoms with E-state index in [4.69, 9.17) is 4.74 Å². The van der Waals surface area contributed by atoms with Gasteiger partial charge in [0, 0.05) is 37.6 Å². The van der Waals surface area contributed by atoms with Gasteiger partial charge in [-0.15, -0.1) is 0 Å². The molecule has 0 unspecified atom stereocenters. The zero-order valence-corrected chi connectivity index (χ0v) is 16.0. The van der Waals surface area contributed by atoms with E-state index in [-0.39, 0.29) is 5.92 Å². The summed E-state index contributed by atoms with van der Waals surface area (Å²) in [5, 5.41) is 8.76. The highest BCUT2D eigenvalue weighted by Gasteiger charge is 2.41. The molecule has 3 aliphatic heterocycles. The van der Waals surface area contributed by atoms with Crippen LogP contribution in [0.15, 0.2) is 18.2 Å². The van der Waals surface area contributed by atoms with E-state index in [0.717, 1.165) is 67.3 Å². The molecule has 6 nitrogen and oxygen atoms in total. The third kappa shape index (κ3) is 3.10. The SMILES string of the molecule is COc1ccc2n[nH]c(CN3C[C@H]4CC[C@@H](C3)N(CC3CCC3)C4=O)c2c1. The molecule has 6 heteroatoms. The second-order valence-electron chi connectivity index (χ2n) is 8.49. The van der Waals surface area contributed by atoms with Gasteiger partial charge in [0.1, 0.15) is 5.75 Å². The minimum atomic E-state index is 0.160. The molecule has 1 aliphatic carbocycles. The fourth-order valence-corrected chi connectivity index (χ4v) is 4.97. The van der Waals surface area contributed by atoms with Crippen LogP contribution in [-0.2, 0) is 11.3 Å². The summed E-state index contributed by atoms with van der Waals surface area (Å²) in [6.45, 7) is 3.62. The summed E-state index contributed by atoms with van der Waals surface area (Å²) in [6.07, 6.45) is 6.12. The van der Waals surface area contributed by atoms with Crippen LogP contribution in [0.5, 0.6) is 5.75 Å². The highest BCUT2D eigenvalue weighted by Crippen LogP contribution is 2.34. The molecule has 2 bridgehead atoms. The number of nitrogens with zero attached hydrogens (tertiary/aromatic N) is 3. The molecular formula is C21H28N4O2. The first-order chi connectivity index (χ1) is 13.2. The largest absolute Gasteiger partial charge is 0.497 e. The van der Waals surface area contributed by atoms with E-state index < -0.39 is 0 Å². The normalized spacial score (nSPS) is 26.4. The van der Waals surface area contributed by atoms with Gasteiger partial charge in [0.25, 0.3) is 0 Å². The smallest absolute Gasteiger partial charge is 0.227 e. The minimum absolute atomic E-state index is 0.160. The Morgan fingerprint density at radius 3 is 2.89 bits per heavy atom. The van der Waals surface area contributed by atoms with Gasteiger partial charge in [-0.25, -0.2) is 0 Å². The molecule has 1 aromatic carbocycles. The first-order valence-electron chi connectivity index (χ1n) is 10.2. The van der Waals surface area contributed by atoms with Crippen LogP contribution in [0.4, 0.5) is 0 Å². The third-order valence-electron chi connectivity index (χ3n) is 6.77. The Bertz CT molecular complexity index is 844. The molecule has 2 atom stereocenters. The molecule has 3 saturated heterocycles. The van der Waals surface area contributed by atoms with Gasteiger partial charge in [0.2, 0.25) is 5.91 Å². The average molecular weight is 368 g/mol. The van der Waals surface area contributed by atoms with E-state index in [0.29, 0.717) is 11.9 Å². The van der Waals surface area contributed by atoms with Crippen LogP contribution in [0.2, 0.25) is 0 Å². The molecular weight excluding hydrogens is 340 g/mol. The van der Waals surface area contributed by atoms with E-state index in [2.05, 4.69) is 26.1 Å². The maximum Gasteiger partial charge on any atom is 0.227 e. The molecule has 4 fully saturated rings. The molecule has 0 spiro atoms. The lowest BCUT2D eigenvalue weighted by atomic mass is 9.83. The summed E-state index contributed by atoms with van der Waals surface area (Å²) in [4.78, 5) is 17.7. The topological polar surface area (TPSA) is 61.5 Å². The number of nitrogens with one attached hydrogen (secondary N) is 1. The van der Waals surface area contributed by atoms with Gasteiger partial charge in [-0.05, 0) is 49.8 Å². The Balaban J connectivity index is 1.35. The second kappa shape index (κ2) is 6.82. The van der Waals surface area contributed by atoms with E-state index in [1.807, 2.05) is 12.1 Å². The van der Waals surface area contributed by atoms with Crippen LogP contribution in [0.3, 0.4) is 0 Å². The van der Waals surface area contributed by atoms with E-state index in [1.54, 1.807) is 7.11 Å². The number of fused-ring (bicyclic) bond motifs is 5. The number of aromatic amines is 1. The lowest BCUT2D eigenvalue weighted by Crippen LogP contribution is -2.50. The van der Waals surface area contributed by atoms with Crippen LogP contribution >= 0.6 is 0 Å². The Labute approximate surface area is 159 Å². The van der Waals surface area contributed by atoms with Gasteiger partial charge in [-0.2, -0.15) is 5.10 Å². The molecule has 1 N–H and O–H groups in total. The number of carbonyl (C=O) groups excluding carboxylic acids is 1. The predicted octanol–water partition coefficient (Wildman–Crippen LogP) is 2.79. The number of H-pyrrole nitrogens is 1. The van der Waals surface area contributed by atoms with Crippen molar-refractivity contribution in [3.63, 3.8) is 0 Å². The number of piperidine rings is 1. The zero-order chi connectivity index (χ0) is 18.4. The molecule has 4 heterocycles. The van der Waals surface area contributed by atoms with Gasteiger partial charge < -0.3 is 9.64 Å². The van der Waals surface area contributed by atoms with E-state index in [9.17, 15) is 4.79 Å². The number of rotatable bonds is 5. The minimum Gasteiger partial charge on any atom is -0.497 e. The van der Waals surface area contributed by atoms with E-state index >= 15 is 0 Å². The number of aromatic nitrogens is 2. The van der Waals surface area contributed by atoms with E-state index in [1.165, 1.54) is 19.3 Å². The van der Waals surface area contributed by atoms with Crippen LogP contribution in [-0.4, -0.2) is 58.7 Å². The fourth-order valence-electron chi connectivity index (χ4n) is 4.97. The van der Waals surface area contributed by atoms with Crippen LogP contribution in [0.25, 0.3) is 10.9 Å². The lowest BCUT2D eigenvalue weighted by molar-refractivity contribution is -0.141. The number of amides is 1. The summed E-state index contributed by atoms with van der Waals surface area (Å²) < 4.78 is 5.38. The van der Waals surface area contributed by atoms with Crippen LogP contribution in [0, 0.1) is 11.8 Å². The number of carbonyl (C=O) groups is 1. The maximum atomic E-state index is 13.0. The molecule has 1 amide bonds. The zero-order valence-electron chi connectivity index (χ0n) is 16.0. The molecule has 144 valence electrons. The third-order valence-corrected chi connectivity index (χ3v) is 6.77. The van der Waals surface area contributed by atoms with Crippen LogP contribution < -0.4 is 4.74 Å². The molecule has 1 saturated carbocycles. The van der Waals surface area contributed by atoms with Crippen molar-refractivity contribution in [1.82, 2.24) is 20.0 Å². The number of methoxy groups -OCH3 is 1. The van der Waals surface area contributed by atoms with Gasteiger partial charge in [0.05, 0.1) is 24.2 Å². The lowest BCUT2D eigenvalue weighted by Gasteiger charge is -2.40. The Morgan fingerprint density at radius 1 is 1.22 bits per heavy atom. The molecule has 27 heavy (non-hydrogen) atoms. The van der Waals surface area contributed by atoms with Crippen LogP contribution in [0.1, 0.15) is 37.8 Å². The summed E-state index contributed by atoms with van der Waals surface area (Å²) >= 11 is 0. The highest BCUT2D eigenvalue weighted by molar-refractivity contribution is 5.83. The van der Waals surface area contributed by atoms with Crippen molar-refractivity contribution in [2.75, 3.05) is 26.7 Å². The first-order valence-corrected chi connectivity index (χ1v) is 10.2. The Kier molecular flexibility index (Phi) is 4.31. The first kappa shape index (κ1) is 17.0. The average Bonchev–Trinajstić information content (AvgIpc) is 2.84. The predicted molar refractivity (Wildman–Crippen MR) is 103 cm³/mol. The highest BCUT2D eigenvalue weighted by atomic mass is 16.5. The van der Waals surface area contributed by atoms with Crippen molar-refractivity contribution >= 4 is 16.8 Å². The standard InChI is InChI=1S/C21H28N4O2/c1-27-17-7-8-19-18(9-17)20(23-22-19)13-24-11-15-5-6-16(12-24)25(21(15)26)10-14-3-2-4-14/h7-9,14-16H,2-6,10-13H2,1H3,(H,22,23)/t15-,16+/m1/s1. The van der Waals surface area contributed by atoms with Gasteiger partial charge in [-0.1, -0.05) is 6.42 Å². The van der Waals surface area contributed by atoms with Gasteiger partial charge in [0.15, 0.2) is 0 Å². The molecule has 2 aromatic rings.